The summed E-state index contributed by atoms with van der Waals surface area (Å²) in [6, 6.07) is 7.25. The summed E-state index contributed by atoms with van der Waals surface area (Å²) >= 11 is 0. The molecule has 3 heterocycles. The molecule has 1 amide bonds. The average molecular weight is 388 g/mol. The van der Waals surface area contributed by atoms with Crippen molar-refractivity contribution in [2.24, 2.45) is 5.16 Å². The van der Waals surface area contributed by atoms with Gasteiger partial charge in [-0.1, -0.05) is 17.3 Å². The standard InChI is InChI=1S/C21H29FN4O2/c1-24(2)18-6-9-26(10-7-18)20(27)19-13-21(28-23-19)8-11-25(15-21)14-16-4-3-5-17(22)12-16/h3-5,12,18H,6-11,13-15H2,1-2H3/t21-/m1/s1. The number of carbonyl (C=O) groups is 1. The Labute approximate surface area is 165 Å². The molecule has 0 bridgehead atoms. The summed E-state index contributed by atoms with van der Waals surface area (Å²) in [7, 11) is 4.19. The van der Waals surface area contributed by atoms with E-state index >= 15 is 0 Å². The summed E-state index contributed by atoms with van der Waals surface area (Å²) in [5.74, 6) is -0.185. The van der Waals surface area contributed by atoms with E-state index in [1.807, 2.05) is 11.0 Å². The molecule has 0 aromatic heterocycles. The van der Waals surface area contributed by atoms with Gasteiger partial charge >= 0.3 is 0 Å². The van der Waals surface area contributed by atoms with E-state index in [-0.39, 0.29) is 11.7 Å². The van der Waals surface area contributed by atoms with Crippen LogP contribution in [0.5, 0.6) is 0 Å². The number of hydrogen-bond donors (Lipinski definition) is 0. The van der Waals surface area contributed by atoms with Crippen molar-refractivity contribution >= 4 is 11.6 Å². The van der Waals surface area contributed by atoms with E-state index in [9.17, 15) is 9.18 Å². The Kier molecular flexibility index (Phi) is 5.38. The second kappa shape index (κ2) is 7.79. The number of nitrogens with zero attached hydrogens (tertiary/aromatic N) is 4. The number of benzene rings is 1. The summed E-state index contributed by atoms with van der Waals surface area (Å²) in [5.41, 5.74) is 1.10. The largest absolute Gasteiger partial charge is 0.387 e. The van der Waals surface area contributed by atoms with E-state index in [2.05, 4.69) is 29.1 Å². The molecule has 4 rings (SSSR count). The van der Waals surface area contributed by atoms with Crippen molar-refractivity contribution in [3.63, 3.8) is 0 Å². The Morgan fingerprint density at radius 3 is 2.82 bits per heavy atom. The number of oxime groups is 1. The molecule has 7 heteroatoms. The van der Waals surface area contributed by atoms with Crippen LogP contribution in [-0.4, -0.2) is 78.2 Å². The molecular weight excluding hydrogens is 359 g/mol. The van der Waals surface area contributed by atoms with E-state index in [0.717, 1.165) is 44.5 Å². The first-order valence-electron chi connectivity index (χ1n) is 10.1. The van der Waals surface area contributed by atoms with Crippen LogP contribution in [0.3, 0.4) is 0 Å². The molecule has 0 N–H and O–H groups in total. The van der Waals surface area contributed by atoms with Gasteiger partial charge in [-0.15, -0.1) is 0 Å². The van der Waals surface area contributed by atoms with Crippen molar-refractivity contribution in [1.29, 1.82) is 0 Å². The van der Waals surface area contributed by atoms with Crippen LogP contribution in [0.4, 0.5) is 4.39 Å². The molecule has 1 atom stereocenters. The van der Waals surface area contributed by atoms with Crippen LogP contribution in [0.1, 0.15) is 31.2 Å². The van der Waals surface area contributed by atoms with Gasteiger partial charge in [-0.2, -0.15) is 0 Å². The average Bonchev–Trinajstić information content (AvgIpc) is 3.28. The van der Waals surface area contributed by atoms with Crippen molar-refractivity contribution < 1.29 is 14.0 Å². The SMILES string of the molecule is CN(C)C1CCN(C(=O)C2=NO[C@]3(CCN(Cc4cccc(F)c4)C3)C2)CC1. The molecule has 1 aromatic rings. The molecule has 3 aliphatic heterocycles. The minimum absolute atomic E-state index is 0.0256. The van der Waals surface area contributed by atoms with Crippen molar-refractivity contribution in [2.75, 3.05) is 40.3 Å². The fourth-order valence-electron chi connectivity index (χ4n) is 4.58. The van der Waals surface area contributed by atoms with Crippen LogP contribution < -0.4 is 0 Å². The zero-order valence-electron chi connectivity index (χ0n) is 16.7. The quantitative estimate of drug-likeness (QED) is 0.793. The van der Waals surface area contributed by atoms with E-state index in [1.54, 1.807) is 12.1 Å². The maximum Gasteiger partial charge on any atom is 0.271 e. The smallest absolute Gasteiger partial charge is 0.271 e. The first-order chi connectivity index (χ1) is 13.4. The molecule has 2 fully saturated rings. The molecule has 28 heavy (non-hydrogen) atoms. The fraction of sp³-hybridized carbons (Fsp3) is 0.619. The summed E-state index contributed by atoms with van der Waals surface area (Å²) in [5, 5.41) is 4.18. The normalized spacial score (nSPS) is 26.1. The second-order valence-corrected chi connectivity index (χ2v) is 8.57. The summed E-state index contributed by atoms with van der Waals surface area (Å²) < 4.78 is 13.4. The van der Waals surface area contributed by atoms with Crippen LogP contribution in [0.15, 0.2) is 29.4 Å². The third-order valence-electron chi connectivity index (χ3n) is 6.26. The van der Waals surface area contributed by atoms with Crippen LogP contribution in [0.25, 0.3) is 0 Å². The highest BCUT2D eigenvalue weighted by Gasteiger charge is 2.47. The van der Waals surface area contributed by atoms with Crippen molar-refractivity contribution in [3.8, 4) is 0 Å². The lowest BCUT2D eigenvalue weighted by Crippen LogP contribution is -2.47. The number of amides is 1. The van der Waals surface area contributed by atoms with E-state index in [0.29, 0.717) is 31.3 Å². The Hall–Kier alpha value is -1.99. The lowest BCUT2D eigenvalue weighted by atomic mass is 9.95. The zero-order valence-corrected chi connectivity index (χ0v) is 16.7. The molecule has 1 aromatic carbocycles. The third kappa shape index (κ3) is 4.05. The highest BCUT2D eigenvalue weighted by Crippen LogP contribution is 2.35. The van der Waals surface area contributed by atoms with Crippen LogP contribution in [0, 0.1) is 5.82 Å². The molecule has 0 saturated carbocycles. The first kappa shape index (κ1) is 19.3. The maximum absolute atomic E-state index is 13.4. The van der Waals surface area contributed by atoms with Crippen molar-refractivity contribution in [3.05, 3.63) is 35.6 Å². The van der Waals surface area contributed by atoms with Gasteiger partial charge in [-0.25, -0.2) is 4.39 Å². The number of carbonyl (C=O) groups excluding carboxylic acids is 1. The molecule has 2 saturated heterocycles. The summed E-state index contributed by atoms with van der Waals surface area (Å²) in [6.45, 7) is 3.82. The van der Waals surface area contributed by atoms with Gasteiger partial charge in [0.05, 0.1) is 0 Å². The molecule has 3 aliphatic rings. The van der Waals surface area contributed by atoms with Gasteiger partial charge in [-0.3, -0.25) is 9.69 Å². The Morgan fingerprint density at radius 1 is 1.32 bits per heavy atom. The fourth-order valence-corrected chi connectivity index (χ4v) is 4.58. The first-order valence-corrected chi connectivity index (χ1v) is 10.1. The number of likely N-dealkylation sites (tertiary alicyclic amines) is 2. The molecular formula is C21H29FN4O2. The van der Waals surface area contributed by atoms with Crippen LogP contribution >= 0.6 is 0 Å². The second-order valence-electron chi connectivity index (χ2n) is 8.57. The van der Waals surface area contributed by atoms with E-state index < -0.39 is 5.60 Å². The van der Waals surface area contributed by atoms with Crippen molar-refractivity contribution in [1.82, 2.24) is 14.7 Å². The van der Waals surface area contributed by atoms with E-state index in [4.69, 9.17) is 4.84 Å². The van der Waals surface area contributed by atoms with E-state index in [1.165, 1.54) is 6.07 Å². The number of hydrogen-bond acceptors (Lipinski definition) is 5. The predicted octanol–water partition coefficient (Wildman–Crippen LogP) is 2.10. The molecule has 0 unspecified atom stereocenters. The lowest BCUT2D eigenvalue weighted by Gasteiger charge is -2.35. The Balaban J connectivity index is 1.30. The molecule has 0 aliphatic carbocycles. The monoisotopic (exact) mass is 388 g/mol. The molecule has 6 nitrogen and oxygen atoms in total. The maximum atomic E-state index is 13.4. The molecule has 1 spiro atoms. The Bertz CT molecular complexity index is 761. The Morgan fingerprint density at radius 2 is 2.11 bits per heavy atom. The highest BCUT2D eigenvalue weighted by atomic mass is 19.1. The predicted molar refractivity (Wildman–Crippen MR) is 105 cm³/mol. The van der Waals surface area contributed by atoms with Gasteiger partial charge in [0.2, 0.25) is 0 Å². The van der Waals surface area contributed by atoms with Gasteiger partial charge in [0.15, 0.2) is 5.60 Å². The zero-order chi connectivity index (χ0) is 19.7. The van der Waals surface area contributed by atoms with Gasteiger partial charge in [0.1, 0.15) is 11.5 Å². The highest BCUT2D eigenvalue weighted by molar-refractivity contribution is 6.39. The van der Waals surface area contributed by atoms with Crippen LogP contribution in [-0.2, 0) is 16.2 Å². The summed E-state index contributed by atoms with van der Waals surface area (Å²) in [6.07, 6.45) is 3.41. The molecule has 152 valence electrons. The third-order valence-corrected chi connectivity index (χ3v) is 6.26. The topological polar surface area (TPSA) is 48.4 Å². The van der Waals surface area contributed by atoms with Gasteiger partial charge in [0, 0.05) is 51.6 Å². The van der Waals surface area contributed by atoms with Gasteiger partial charge in [0.25, 0.3) is 5.91 Å². The minimum Gasteiger partial charge on any atom is -0.387 e. The van der Waals surface area contributed by atoms with Crippen molar-refractivity contribution in [2.45, 2.75) is 43.9 Å². The van der Waals surface area contributed by atoms with Crippen LogP contribution in [0.2, 0.25) is 0 Å². The van der Waals surface area contributed by atoms with Gasteiger partial charge < -0.3 is 14.6 Å². The number of piperidine rings is 1. The lowest BCUT2D eigenvalue weighted by molar-refractivity contribution is -0.125. The summed E-state index contributed by atoms with van der Waals surface area (Å²) in [4.78, 5) is 25.1. The number of halogens is 1. The number of rotatable bonds is 4. The van der Waals surface area contributed by atoms with Gasteiger partial charge in [-0.05, 0) is 44.6 Å². The minimum atomic E-state index is -0.403. The molecule has 0 radical (unpaired) electrons.